The molecule has 21 heavy (non-hydrogen) atoms. The van der Waals surface area contributed by atoms with E-state index in [9.17, 15) is 0 Å². The van der Waals surface area contributed by atoms with Crippen molar-refractivity contribution < 1.29 is 9.47 Å². The Bertz CT molecular complexity index is 683. The SMILES string of the molecule is CCc1n[nH]c(=S)n1NCc1cc(Br)cc(OC)c1OC. The molecule has 0 aliphatic rings. The van der Waals surface area contributed by atoms with Crippen molar-refractivity contribution >= 4 is 28.1 Å². The van der Waals surface area contributed by atoms with Crippen LogP contribution in [0.2, 0.25) is 0 Å². The van der Waals surface area contributed by atoms with Crippen LogP contribution >= 0.6 is 28.1 Å². The normalized spacial score (nSPS) is 10.5. The minimum Gasteiger partial charge on any atom is -0.493 e. The highest BCUT2D eigenvalue weighted by molar-refractivity contribution is 9.10. The summed E-state index contributed by atoms with van der Waals surface area (Å²) in [6.45, 7) is 2.55. The van der Waals surface area contributed by atoms with E-state index in [1.54, 1.807) is 18.9 Å². The van der Waals surface area contributed by atoms with E-state index >= 15 is 0 Å². The number of rotatable bonds is 6. The van der Waals surface area contributed by atoms with Gasteiger partial charge in [0.15, 0.2) is 17.3 Å². The molecule has 1 heterocycles. The summed E-state index contributed by atoms with van der Waals surface area (Å²) in [5, 5.41) is 6.93. The van der Waals surface area contributed by atoms with Crippen LogP contribution in [-0.4, -0.2) is 29.1 Å². The molecule has 0 atom stereocenters. The van der Waals surface area contributed by atoms with Crippen LogP contribution in [0.1, 0.15) is 18.3 Å². The van der Waals surface area contributed by atoms with Gasteiger partial charge in [0, 0.05) is 16.5 Å². The first-order valence-electron chi connectivity index (χ1n) is 6.41. The second kappa shape index (κ2) is 6.95. The molecule has 6 nitrogen and oxygen atoms in total. The molecule has 1 aromatic heterocycles. The minimum absolute atomic E-state index is 0.528. The van der Waals surface area contributed by atoms with Crippen molar-refractivity contribution in [2.45, 2.75) is 19.9 Å². The fraction of sp³-hybridized carbons (Fsp3) is 0.385. The van der Waals surface area contributed by atoms with Crippen LogP contribution in [0.25, 0.3) is 0 Å². The van der Waals surface area contributed by atoms with Gasteiger partial charge < -0.3 is 14.9 Å². The van der Waals surface area contributed by atoms with Crippen LogP contribution in [0.4, 0.5) is 0 Å². The van der Waals surface area contributed by atoms with E-state index in [-0.39, 0.29) is 0 Å². The fourth-order valence-electron chi connectivity index (χ4n) is 2.03. The Hall–Kier alpha value is -1.54. The monoisotopic (exact) mass is 372 g/mol. The second-order valence-corrected chi connectivity index (χ2v) is 5.57. The number of hydrogen-bond acceptors (Lipinski definition) is 5. The molecule has 2 N–H and O–H groups in total. The predicted molar refractivity (Wildman–Crippen MR) is 87.1 cm³/mol. The van der Waals surface area contributed by atoms with Crippen molar-refractivity contribution in [3.8, 4) is 11.5 Å². The standard InChI is InChI=1S/C13H17BrN4O2S/c1-4-11-16-17-13(21)18(11)15-7-8-5-9(14)6-10(19-2)12(8)20-3/h5-6,15H,4,7H2,1-3H3,(H,17,21). The third-order valence-corrected chi connectivity index (χ3v) is 3.74. The van der Waals surface area contributed by atoms with Crippen molar-refractivity contribution in [1.82, 2.24) is 14.9 Å². The molecule has 114 valence electrons. The highest BCUT2D eigenvalue weighted by atomic mass is 79.9. The zero-order valence-electron chi connectivity index (χ0n) is 12.1. The summed E-state index contributed by atoms with van der Waals surface area (Å²) < 4.78 is 14.0. The lowest BCUT2D eigenvalue weighted by atomic mass is 10.2. The van der Waals surface area contributed by atoms with Gasteiger partial charge in [-0.25, -0.2) is 4.68 Å². The zero-order chi connectivity index (χ0) is 15.4. The number of aromatic amines is 1. The number of methoxy groups -OCH3 is 2. The second-order valence-electron chi connectivity index (χ2n) is 4.27. The van der Waals surface area contributed by atoms with Crippen LogP contribution in [0.5, 0.6) is 11.5 Å². The van der Waals surface area contributed by atoms with E-state index in [2.05, 4.69) is 31.6 Å². The molecule has 0 unspecified atom stereocenters. The van der Waals surface area contributed by atoms with Gasteiger partial charge in [0.2, 0.25) is 4.77 Å². The Kier molecular flexibility index (Phi) is 5.24. The van der Waals surface area contributed by atoms with Crippen molar-refractivity contribution in [2.24, 2.45) is 0 Å². The number of aromatic nitrogens is 3. The molecule has 0 amide bonds. The Morgan fingerprint density at radius 1 is 1.38 bits per heavy atom. The zero-order valence-corrected chi connectivity index (χ0v) is 14.5. The van der Waals surface area contributed by atoms with E-state index in [0.717, 1.165) is 22.3 Å². The average Bonchev–Trinajstić information content (AvgIpc) is 2.84. The van der Waals surface area contributed by atoms with Crippen LogP contribution < -0.4 is 14.9 Å². The first kappa shape index (κ1) is 15.8. The lowest BCUT2D eigenvalue weighted by Crippen LogP contribution is -2.17. The van der Waals surface area contributed by atoms with E-state index < -0.39 is 0 Å². The largest absolute Gasteiger partial charge is 0.493 e. The molecule has 0 saturated carbocycles. The molecule has 0 spiro atoms. The summed E-state index contributed by atoms with van der Waals surface area (Å²) in [6.07, 6.45) is 0.777. The van der Waals surface area contributed by atoms with Crippen LogP contribution in [0.15, 0.2) is 16.6 Å². The Balaban J connectivity index is 2.29. The summed E-state index contributed by atoms with van der Waals surface area (Å²) in [5.41, 5.74) is 4.20. The summed E-state index contributed by atoms with van der Waals surface area (Å²) >= 11 is 8.68. The number of H-pyrrole nitrogens is 1. The lowest BCUT2D eigenvalue weighted by Gasteiger charge is -2.15. The molecular weight excluding hydrogens is 356 g/mol. The Labute approximate surface area is 136 Å². The maximum Gasteiger partial charge on any atom is 0.214 e. The van der Waals surface area contributed by atoms with Gasteiger partial charge in [-0.2, -0.15) is 5.10 Å². The summed E-state index contributed by atoms with van der Waals surface area (Å²) in [7, 11) is 3.24. The van der Waals surface area contributed by atoms with E-state index in [0.29, 0.717) is 22.8 Å². The van der Waals surface area contributed by atoms with Gasteiger partial charge in [0.05, 0.1) is 20.8 Å². The first-order chi connectivity index (χ1) is 10.1. The predicted octanol–water partition coefficient (Wildman–Crippen LogP) is 3.03. The number of ether oxygens (including phenoxy) is 2. The molecule has 0 fully saturated rings. The van der Waals surface area contributed by atoms with Gasteiger partial charge >= 0.3 is 0 Å². The highest BCUT2D eigenvalue weighted by Crippen LogP contribution is 2.34. The van der Waals surface area contributed by atoms with Crippen molar-refractivity contribution in [3.05, 3.63) is 32.8 Å². The molecule has 2 aromatic rings. The highest BCUT2D eigenvalue weighted by Gasteiger charge is 2.12. The Morgan fingerprint density at radius 2 is 2.14 bits per heavy atom. The molecule has 0 radical (unpaired) electrons. The quantitative estimate of drug-likeness (QED) is 0.763. The number of aryl methyl sites for hydroxylation is 1. The number of hydrogen-bond donors (Lipinski definition) is 2. The van der Waals surface area contributed by atoms with Crippen molar-refractivity contribution in [2.75, 3.05) is 19.6 Å². The van der Waals surface area contributed by atoms with E-state index in [1.165, 1.54) is 0 Å². The molecule has 0 aliphatic heterocycles. The lowest BCUT2D eigenvalue weighted by molar-refractivity contribution is 0.351. The van der Waals surface area contributed by atoms with Gasteiger partial charge in [0.25, 0.3) is 0 Å². The van der Waals surface area contributed by atoms with Gasteiger partial charge in [-0.3, -0.25) is 5.10 Å². The molecular formula is C13H17BrN4O2S. The van der Waals surface area contributed by atoms with Crippen LogP contribution in [-0.2, 0) is 13.0 Å². The molecule has 8 heteroatoms. The number of nitrogens with one attached hydrogen (secondary N) is 2. The molecule has 0 aliphatic carbocycles. The fourth-order valence-corrected chi connectivity index (χ4v) is 2.73. The van der Waals surface area contributed by atoms with E-state index in [1.807, 2.05) is 19.1 Å². The number of nitrogens with zero attached hydrogens (tertiary/aromatic N) is 2. The van der Waals surface area contributed by atoms with E-state index in [4.69, 9.17) is 21.7 Å². The summed E-state index contributed by atoms with van der Waals surface area (Å²) in [6, 6.07) is 3.84. The maximum absolute atomic E-state index is 5.43. The third kappa shape index (κ3) is 3.38. The third-order valence-electron chi connectivity index (χ3n) is 3.01. The smallest absolute Gasteiger partial charge is 0.214 e. The van der Waals surface area contributed by atoms with Gasteiger partial charge in [-0.05, 0) is 24.4 Å². The molecule has 0 bridgehead atoms. The van der Waals surface area contributed by atoms with Crippen molar-refractivity contribution in [1.29, 1.82) is 0 Å². The van der Waals surface area contributed by atoms with Crippen LogP contribution in [0, 0.1) is 4.77 Å². The number of benzene rings is 1. The minimum atomic E-state index is 0.528. The summed E-state index contributed by atoms with van der Waals surface area (Å²) in [4.78, 5) is 0. The average molecular weight is 373 g/mol. The Morgan fingerprint density at radius 3 is 2.76 bits per heavy atom. The first-order valence-corrected chi connectivity index (χ1v) is 7.61. The van der Waals surface area contributed by atoms with Gasteiger partial charge in [-0.15, -0.1) is 0 Å². The molecule has 0 saturated heterocycles. The van der Waals surface area contributed by atoms with Gasteiger partial charge in [0.1, 0.15) is 0 Å². The van der Waals surface area contributed by atoms with Gasteiger partial charge in [-0.1, -0.05) is 22.9 Å². The van der Waals surface area contributed by atoms with Crippen LogP contribution in [0.3, 0.4) is 0 Å². The molecule has 2 rings (SSSR count). The van der Waals surface area contributed by atoms with Crippen molar-refractivity contribution in [3.63, 3.8) is 0 Å². The molecule has 1 aromatic carbocycles. The summed E-state index contributed by atoms with van der Waals surface area (Å²) in [5.74, 6) is 2.22. The topological polar surface area (TPSA) is 64.1 Å². The number of halogens is 1. The maximum atomic E-state index is 5.43.